The van der Waals surface area contributed by atoms with Gasteiger partial charge in [0.2, 0.25) is 0 Å². The lowest BCUT2D eigenvalue weighted by Crippen LogP contribution is -2.63. The van der Waals surface area contributed by atoms with Crippen LogP contribution in [0.5, 0.6) is 0 Å². The molecule has 2 aromatic rings. The Hall–Kier alpha value is -2.44. The third-order valence-corrected chi connectivity index (χ3v) is 7.52. The summed E-state index contributed by atoms with van der Waals surface area (Å²) in [5, 5.41) is 21.6. The van der Waals surface area contributed by atoms with Gasteiger partial charge in [-0.25, -0.2) is 4.79 Å². The number of hydrogen-bond donors (Lipinski definition) is 2. The number of aliphatic hydroxyl groups is 1. The molecule has 3 heterocycles. The van der Waals surface area contributed by atoms with E-state index in [1.54, 1.807) is 6.20 Å². The van der Waals surface area contributed by atoms with E-state index in [0.29, 0.717) is 19.0 Å². The molecule has 2 saturated heterocycles. The topological polar surface area (TPSA) is 76.9 Å². The lowest BCUT2D eigenvalue weighted by Gasteiger charge is -2.56. The molecule has 2 fully saturated rings. The standard InChI is InChI=1S/C26H35N3O3/c1-18(2)19-5-7-22(8-6-19)26(32,25(3)16-28(4)17-25)23-13-21(14-27-15-23)20-9-11-29(12-10-20)24(30)31/h5-8,13-15,18,20,32H,9-12,16-17H2,1-4H3,(H,30,31)/t26-/m0/s1. The first-order valence-corrected chi connectivity index (χ1v) is 11.6. The first-order valence-electron chi connectivity index (χ1n) is 11.6. The Morgan fingerprint density at radius 3 is 2.28 bits per heavy atom. The number of aromatic nitrogens is 1. The molecule has 4 rings (SSSR count). The van der Waals surface area contributed by atoms with Gasteiger partial charge in [0.1, 0.15) is 5.60 Å². The van der Waals surface area contributed by atoms with Crippen molar-refractivity contribution in [3.8, 4) is 0 Å². The van der Waals surface area contributed by atoms with Crippen LogP contribution >= 0.6 is 0 Å². The Labute approximate surface area is 190 Å². The molecule has 2 aliphatic heterocycles. The predicted octanol–water partition coefficient (Wildman–Crippen LogP) is 4.25. The predicted molar refractivity (Wildman–Crippen MR) is 125 cm³/mol. The highest BCUT2D eigenvalue weighted by molar-refractivity contribution is 5.65. The average molecular weight is 438 g/mol. The minimum atomic E-state index is -1.15. The SMILES string of the molecule is CC(C)c1ccc([C@](O)(c2cncc(C3CCN(C(=O)O)CC3)c2)C2(C)CN(C)C2)cc1. The molecule has 2 N–H and O–H groups in total. The normalized spacial score (nSPS) is 21.2. The largest absolute Gasteiger partial charge is 0.465 e. The summed E-state index contributed by atoms with van der Waals surface area (Å²) in [7, 11) is 2.08. The summed E-state index contributed by atoms with van der Waals surface area (Å²) in [6.07, 6.45) is 4.38. The number of amides is 1. The molecule has 1 amide bonds. The van der Waals surface area contributed by atoms with Crippen molar-refractivity contribution >= 4 is 6.09 Å². The van der Waals surface area contributed by atoms with Crippen LogP contribution in [0.4, 0.5) is 4.79 Å². The van der Waals surface area contributed by atoms with Crippen molar-refractivity contribution in [1.82, 2.24) is 14.8 Å². The lowest BCUT2D eigenvalue weighted by atomic mass is 9.62. The summed E-state index contributed by atoms with van der Waals surface area (Å²) in [6, 6.07) is 10.5. The van der Waals surface area contributed by atoms with Crippen LogP contribution in [0.2, 0.25) is 0 Å². The molecule has 2 aliphatic rings. The Morgan fingerprint density at radius 2 is 1.75 bits per heavy atom. The highest BCUT2D eigenvalue weighted by Crippen LogP contribution is 2.50. The summed E-state index contributed by atoms with van der Waals surface area (Å²) in [5.74, 6) is 0.687. The molecule has 1 atom stereocenters. The highest BCUT2D eigenvalue weighted by Gasteiger charge is 2.55. The molecule has 0 unspecified atom stereocenters. The fraction of sp³-hybridized carbons (Fsp3) is 0.538. The van der Waals surface area contributed by atoms with Crippen molar-refractivity contribution in [2.75, 3.05) is 33.2 Å². The Kier molecular flexibility index (Phi) is 6.03. The quantitative estimate of drug-likeness (QED) is 0.731. The number of pyridine rings is 1. The number of nitrogens with zero attached hydrogens (tertiary/aromatic N) is 3. The summed E-state index contributed by atoms with van der Waals surface area (Å²) in [6.45, 7) is 9.18. The van der Waals surface area contributed by atoms with Gasteiger partial charge in [0.25, 0.3) is 0 Å². The third-order valence-electron chi connectivity index (χ3n) is 7.52. The van der Waals surface area contributed by atoms with Crippen LogP contribution in [0.25, 0.3) is 0 Å². The van der Waals surface area contributed by atoms with Crippen molar-refractivity contribution in [3.63, 3.8) is 0 Å². The average Bonchev–Trinajstić information content (AvgIpc) is 2.77. The van der Waals surface area contributed by atoms with Gasteiger partial charge in [-0.05, 0) is 54.5 Å². The molecule has 1 aromatic heterocycles. The van der Waals surface area contributed by atoms with Gasteiger partial charge < -0.3 is 20.0 Å². The second kappa shape index (κ2) is 8.49. The maximum Gasteiger partial charge on any atom is 0.407 e. The van der Waals surface area contributed by atoms with Gasteiger partial charge in [-0.3, -0.25) is 4.98 Å². The van der Waals surface area contributed by atoms with Gasteiger partial charge in [-0.2, -0.15) is 0 Å². The van der Waals surface area contributed by atoms with E-state index >= 15 is 0 Å². The molecular weight excluding hydrogens is 402 g/mol. The Morgan fingerprint density at radius 1 is 1.12 bits per heavy atom. The van der Waals surface area contributed by atoms with Crippen LogP contribution in [0.3, 0.4) is 0 Å². The van der Waals surface area contributed by atoms with E-state index in [4.69, 9.17) is 0 Å². The summed E-state index contributed by atoms with van der Waals surface area (Å²) >= 11 is 0. The van der Waals surface area contributed by atoms with Crippen LogP contribution in [-0.2, 0) is 5.60 Å². The highest BCUT2D eigenvalue weighted by atomic mass is 16.4. The van der Waals surface area contributed by atoms with Crippen LogP contribution < -0.4 is 0 Å². The molecule has 172 valence electrons. The van der Waals surface area contributed by atoms with Crippen LogP contribution in [-0.4, -0.2) is 64.3 Å². The molecule has 6 nitrogen and oxygen atoms in total. The number of hydrogen-bond acceptors (Lipinski definition) is 4. The van der Waals surface area contributed by atoms with E-state index < -0.39 is 11.7 Å². The van der Waals surface area contributed by atoms with Gasteiger partial charge >= 0.3 is 6.09 Å². The van der Waals surface area contributed by atoms with E-state index in [1.807, 2.05) is 6.20 Å². The number of rotatable bonds is 5. The van der Waals surface area contributed by atoms with Gasteiger partial charge in [0, 0.05) is 49.6 Å². The van der Waals surface area contributed by atoms with Gasteiger partial charge in [-0.1, -0.05) is 45.0 Å². The van der Waals surface area contributed by atoms with Gasteiger partial charge in [-0.15, -0.1) is 0 Å². The second-order valence-corrected chi connectivity index (χ2v) is 10.3. The van der Waals surface area contributed by atoms with Crippen molar-refractivity contribution in [3.05, 3.63) is 65.0 Å². The monoisotopic (exact) mass is 437 g/mol. The third kappa shape index (κ3) is 3.90. The van der Waals surface area contributed by atoms with E-state index in [2.05, 4.69) is 68.0 Å². The maximum atomic E-state index is 12.4. The Bertz CT molecular complexity index is 961. The van der Waals surface area contributed by atoms with Gasteiger partial charge in [0.05, 0.1) is 0 Å². The molecule has 0 radical (unpaired) electrons. The Balaban J connectivity index is 1.70. The van der Waals surface area contributed by atoms with Crippen molar-refractivity contribution in [2.45, 2.75) is 51.0 Å². The smallest absolute Gasteiger partial charge is 0.407 e. The van der Waals surface area contributed by atoms with Crippen LogP contribution in [0, 0.1) is 5.41 Å². The molecule has 6 heteroatoms. The van der Waals surface area contributed by atoms with E-state index in [1.165, 1.54) is 10.5 Å². The number of likely N-dealkylation sites (tertiary alicyclic amines) is 2. The molecule has 0 saturated carbocycles. The zero-order valence-corrected chi connectivity index (χ0v) is 19.6. The maximum absolute atomic E-state index is 12.4. The summed E-state index contributed by atoms with van der Waals surface area (Å²) in [4.78, 5) is 19.5. The minimum Gasteiger partial charge on any atom is -0.465 e. The molecule has 0 bridgehead atoms. The van der Waals surface area contributed by atoms with E-state index in [9.17, 15) is 15.0 Å². The van der Waals surface area contributed by atoms with Crippen LogP contribution in [0.1, 0.15) is 67.7 Å². The summed E-state index contributed by atoms with van der Waals surface area (Å²) in [5.41, 5.74) is 2.58. The number of carbonyl (C=O) groups is 1. The minimum absolute atomic E-state index is 0.252. The molecule has 1 aromatic carbocycles. The van der Waals surface area contributed by atoms with Crippen molar-refractivity contribution in [2.24, 2.45) is 5.41 Å². The molecule has 0 spiro atoms. The van der Waals surface area contributed by atoms with E-state index in [-0.39, 0.29) is 11.3 Å². The second-order valence-electron chi connectivity index (χ2n) is 10.3. The number of carboxylic acid groups (broad SMARTS) is 1. The molecule has 32 heavy (non-hydrogen) atoms. The zero-order valence-electron chi connectivity index (χ0n) is 19.6. The lowest BCUT2D eigenvalue weighted by molar-refractivity contribution is -0.127. The van der Waals surface area contributed by atoms with Crippen molar-refractivity contribution < 1.29 is 15.0 Å². The van der Waals surface area contributed by atoms with E-state index in [0.717, 1.165) is 42.6 Å². The molecular formula is C26H35N3O3. The summed E-state index contributed by atoms with van der Waals surface area (Å²) < 4.78 is 0. The fourth-order valence-electron chi connectivity index (χ4n) is 5.63. The van der Waals surface area contributed by atoms with Gasteiger partial charge in [0.15, 0.2) is 0 Å². The first kappa shape index (κ1) is 22.7. The number of piperidine rings is 1. The molecule has 0 aliphatic carbocycles. The number of benzene rings is 1. The van der Waals surface area contributed by atoms with Crippen LogP contribution in [0.15, 0.2) is 42.7 Å². The first-order chi connectivity index (χ1) is 15.1. The zero-order chi connectivity index (χ0) is 23.1. The fourth-order valence-corrected chi connectivity index (χ4v) is 5.63. The van der Waals surface area contributed by atoms with Crippen molar-refractivity contribution in [1.29, 1.82) is 0 Å².